The van der Waals surface area contributed by atoms with Gasteiger partial charge in [-0.1, -0.05) is 7.40 Å². The van der Waals surface area contributed by atoms with Gasteiger partial charge >= 0.3 is 5.69 Å². The van der Waals surface area contributed by atoms with Gasteiger partial charge in [-0.15, -0.1) is 11.8 Å². The second-order valence-electron chi connectivity index (χ2n) is 12.0. The van der Waals surface area contributed by atoms with Crippen LogP contribution in [0.4, 0.5) is 0 Å². The van der Waals surface area contributed by atoms with E-state index >= 15 is 0 Å². The molecular weight excluding hydrogens is 597 g/mol. The zero-order chi connectivity index (χ0) is 34.5. The number of carbonyl (C=O) groups is 1. The first kappa shape index (κ1) is 33.5. The monoisotopic (exact) mass is 648 g/mol. The van der Waals surface area contributed by atoms with Crippen molar-refractivity contribution in [3.05, 3.63) is 38.7 Å². The van der Waals surface area contributed by atoms with E-state index in [4.69, 9.17) is 21.8 Å². The van der Waals surface area contributed by atoms with Gasteiger partial charge in [0.1, 0.15) is 12.3 Å². The third kappa shape index (κ3) is 9.59. The Morgan fingerprint density at radius 2 is 2.04 bits per heavy atom. The summed E-state index contributed by atoms with van der Waals surface area (Å²) in [4.78, 5) is 40.4. The standard InChI is InChI=1S/C31H44N5O7P.CH4/c1-20(2)36(21(3)4)44(41-15-9-14-32)43-26-16-29(42-27(26)19-37)35-18-22(30(39)34-31(35)40)12-13-28(38)33-17-25-23-10-7-5-6-8-11-24(23)25;/h12-13,18,20-21,23-27,29,37H,7-11,15-17,19H2,1-4H3,(H,33,38)(H,34,39,40);1H4/b13-12+;/t23-,24+,25?,26?,27-,29-,44?;/m1./s1/i37D;1T. The average Bonchev–Trinajstić information content (AvgIpc) is 3.50. The van der Waals surface area contributed by atoms with Crippen molar-refractivity contribution >= 4 is 20.5 Å². The minimum atomic E-state index is -1.62. The molecule has 2 fully saturated rings. The van der Waals surface area contributed by atoms with Crippen molar-refractivity contribution < 1.29 is 25.1 Å². The number of aliphatic hydroxyl groups is 1. The number of nitrogens with zero attached hydrogens (tertiary/aromatic N) is 3. The van der Waals surface area contributed by atoms with Crippen molar-refractivity contribution in [3.63, 3.8) is 0 Å². The van der Waals surface area contributed by atoms with Gasteiger partial charge in [-0.2, -0.15) is 5.26 Å². The number of hydrogen-bond donors (Lipinski definition) is 3. The Morgan fingerprint density at radius 3 is 2.67 bits per heavy atom. The topological polar surface area (TPSA) is 159 Å². The molecule has 45 heavy (non-hydrogen) atoms. The van der Waals surface area contributed by atoms with E-state index in [0.717, 1.165) is 25.7 Å². The molecule has 2 heterocycles. The summed E-state index contributed by atoms with van der Waals surface area (Å²) in [7, 11) is -0.366. The molecule has 1 aliphatic heterocycles. The van der Waals surface area contributed by atoms with Gasteiger partial charge in [0.2, 0.25) is 7.34 Å². The van der Waals surface area contributed by atoms with Crippen LogP contribution >= 0.6 is 8.53 Å². The number of nitrogens with one attached hydrogen (secondary N) is 2. The second-order valence-corrected chi connectivity index (χ2v) is 13.4. The van der Waals surface area contributed by atoms with E-state index in [1.807, 2.05) is 27.7 Å². The maximum atomic E-state index is 12.9. The number of amides is 1. The summed E-state index contributed by atoms with van der Waals surface area (Å²) in [5.74, 6) is 7.74. The number of nitriles is 1. The van der Waals surface area contributed by atoms with Crippen LogP contribution in [0, 0.1) is 40.9 Å². The Labute approximate surface area is 270 Å². The molecule has 7 atom stereocenters. The maximum absolute atomic E-state index is 12.9. The third-order valence-corrected chi connectivity index (χ3v) is 10.5. The molecule has 3 unspecified atom stereocenters. The van der Waals surface area contributed by atoms with Crippen molar-refractivity contribution in [2.45, 2.75) is 104 Å². The number of H-pyrrole nitrogens is 1. The number of ether oxygens (including phenoxy) is 1. The Balaban J connectivity index is 0.00000294. The van der Waals surface area contributed by atoms with Crippen LogP contribution in [0.2, 0.25) is 0 Å². The first-order valence-electron chi connectivity index (χ1n) is 16.8. The normalized spacial score (nSPS) is 26.8. The minimum absolute atomic E-state index is 0.0765. The van der Waals surface area contributed by atoms with E-state index in [-0.39, 0.29) is 49.6 Å². The molecule has 1 aromatic heterocycles. The molecule has 3 aliphatic rings. The lowest BCUT2D eigenvalue weighted by Gasteiger charge is -2.37. The highest BCUT2D eigenvalue weighted by Crippen LogP contribution is 2.52. The van der Waals surface area contributed by atoms with Crippen LogP contribution in [0.5, 0.6) is 0 Å². The Morgan fingerprint density at radius 1 is 1.36 bits per heavy atom. The predicted molar refractivity (Wildman–Crippen MR) is 173 cm³/mol. The molecule has 2 aliphatic carbocycles. The SMILES string of the molecule is [2H]OC[C@H]1O[C@@H](n2cc(/C=C/C(=O)NCC3[C@H]4CCC#CCC[C@@H]34)c(=O)[nH]c2=O)CC1OP(OCCC#N)N(C(C)C)C(C)C.[3H]C. The lowest BCUT2D eigenvalue weighted by atomic mass is 10.1. The van der Waals surface area contributed by atoms with Gasteiger partial charge < -0.3 is 24.2 Å². The highest BCUT2D eigenvalue weighted by molar-refractivity contribution is 7.44. The van der Waals surface area contributed by atoms with Crippen LogP contribution in [0.3, 0.4) is 0 Å². The van der Waals surface area contributed by atoms with Crippen molar-refractivity contribution in [1.82, 2.24) is 19.5 Å². The molecule has 0 spiro atoms. The fourth-order valence-corrected chi connectivity index (χ4v) is 7.91. The second kappa shape index (κ2) is 17.2. The molecule has 1 saturated heterocycles. The molecule has 0 radical (unpaired) electrons. The van der Waals surface area contributed by atoms with Crippen LogP contribution in [-0.2, 0) is 18.6 Å². The third-order valence-electron chi connectivity index (χ3n) is 8.30. The van der Waals surface area contributed by atoms with E-state index in [1.165, 1.54) is 30.3 Å². The molecular formula is C32H48N5O7P. The Kier molecular flexibility index (Phi) is 12.8. The molecule has 0 bridgehead atoms. The predicted octanol–water partition coefficient (Wildman–Crippen LogP) is 3.68. The lowest BCUT2D eigenvalue weighted by molar-refractivity contribution is -0.116. The summed E-state index contributed by atoms with van der Waals surface area (Å²) >= 11 is 0. The molecule has 1 amide bonds. The summed E-state index contributed by atoms with van der Waals surface area (Å²) in [5.41, 5.74) is -1.19. The maximum Gasteiger partial charge on any atom is 0.330 e. The van der Waals surface area contributed by atoms with E-state index in [9.17, 15) is 14.4 Å². The van der Waals surface area contributed by atoms with Gasteiger partial charge in [0, 0.05) is 51.5 Å². The smallest absolute Gasteiger partial charge is 0.330 e. The van der Waals surface area contributed by atoms with E-state index in [1.54, 1.807) is 0 Å². The summed E-state index contributed by atoms with van der Waals surface area (Å²) in [6.45, 7) is 8.75. The fraction of sp³-hybridized carbons (Fsp3) is 0.688. The van der Waals surface area contributed by atoms with Gasteiger partial charge in [-0.05, 0) is 64.4 Å². The van der Waals surface area contributed by atoms with Crippen LogP contribution in [0.25, 0.3) is 6.08 Å². The van der Waals surface area contributed by atoms with E-state index in [0.29, 0.717) is 24.3 Å². The van der Waals surface area contributed by atoms with Gasteiger partial charge in [-0.25, -0.2) is 9.46 Å². The molecule has 4 rings (SSSR count). The Bertz CT molecular complexity index is 1390. The van der Waals surface area contributed by atoms with Crippen LogP contribution in [-0.4, -0.2) is 70.7 Å². The molecule has 248 valence electrons. The number of rotatable bonds is 15. The van der Waals surface area contributed by atoms with Gasteiger partial charge in [0.25, 0.3) is 14.1 Å². The van der Waals surface area contributed by atoms with E-state index < -0.39 is 38.2 Å². The largest absolute Gasteiger partial charge is 0.394 e. The van der Waals surface area contributed by atoms with Gasteiger partial charge in [0.05, 0.1) is 37.4 Å². The Hall–Kier alpha value is -2.83. The number of fused-ring (bicyclic) bond motifs is 1. The summed E-state index contributed by atoms with van der Waals surface area (Å²) in [5, 5.41) is 16.6. The van der Waals surface area contributed by atoms with Crippen molar-refractivity contribution in [2.24, 2.45) is 17.8 Å². The molecule has 12 nitrogen and oxygen atoms in total. The van der Waals surface area contributed by atoms with Crippen LogP contribution in [0.1, 0.15) is 86.8 Å². The van der Waals surface area contributed by atoms with Gasteiger partial charge in [0.15, 0.2) is 0 Å². The molecule has 13 heteroatoms. The molecule has 3 N–H and O–H groups in total. The first-order valence-corrected chi connectivity index (χ1v) is 16.5. The van der Waals surface area contributed by atoms with Gasteiger partial charge in [-0.3, -0.25) is 19.1 Å². The zero-order valence-electron chi connectivity index (χ0n) is 28.9. The molecule has 1 aromatic rings. The number of aromatic nitrogens is 2. The summed E-state index contributed by atoms with van der Waals surface area (Å²) in [6, 6.07) is 2.23. The van der Waals surface area contributed by atoms with Crippen molar-refractivity contribution in [2.75, 3.05) is 19.8 Å². The highest BCUT2D eigenvalue weighted by Gasteiger charge is 2.48. The average molecular weight is 649 g/mol. The van der Waals surface area contributed by atoms with Crippen molar-refractivity contribution in [1.29, 1.82) is 6.69 Å². The lowest BCUT2D eigenvalue weighted by Crippen LogP contribution is -2.36. The van der Waals surface area contributed by atoms with Crippen LogP contribution in [0.15, 0.2) is 21.9 Å². The van der Waals surface area contributed by atoms with Crippen molar-refractivity contribution in [3.8, 4) is 17.9 Å². The molecule has 1 saturated carbocycles. The highest BCUT2D eigenvalue weighted by atomic mass is 31.2. The van der Waals surface area contributed by atoms with E-state index in [2.05, 4.69) is 38.0 Å². The minimum Gasteiger partial charge on any atom is -0.394 e. The first-order chi connectivity index (χ1) is 22.6. The summed E-state index contributed by atoms with van der Waals surface area (Å²) in [6.07, 6.45) is 6.26. The number of aliphatic hydroxyl groups excluding tert-OH is 1. The van der Waals surface area contributed by atoms with Crippen LogP contribution < -0.4 is 16.6 Å². The quantitative estimate of drug-likeness (QED) is 0.112. The number of hydrogen-bond acceptors (Lipinski definition) is 9. The number of aromatic amines is 1. The fourth-order valence-electron chi connectivity index (χ4n) is 6.16. The summed E-state index contributed by atoms with van der Waals surface area (Å²) < 4.78 is 35.0. The number of carbonyl (C=O) groups excluding carboxylic acids is 1. The zero-order valence-corrected chi connectivity index (χ0v) is 27.8. The molecule has 0 aromatic carbocycles.